The molecule has 29 heavy (non-hydrogen) atoms. The zero-order valence-corrected chi connectivity index (χ0v) is 19.2. The van der Waals surface area contributed by atoms with E-state index in [0.717, 1.165) is 55.5 Å². The van der Waals surface area contributed by atoms with Gasteiger partial charge in [-0.2, -0.15) is 0 Å². The molecule has 0 amide bonds. The molecule has 7 heteroatoms. The van der Waals surface area contributed by atoms with E-state index in [-0.39, 0.29) is 30.1 Å². The number of ether oxygens (including phenoxy) is 1. The number of hydrogen-bond acceptors (Lipinski definition) is 3. The van der Waals surface area contributed by atoms with Crippen molar-refractivity contribution in [2.24, 2.45) is 4.99 Å². The van der Waals surface area contributed by atoms with E-state index in [4.69, 9.17) is 4.74 Å². The zero-order valence-electron chi connectivity index (χ0n) is 16.9. The van der Waals surface area contributed by atoms with Crippen molar-refractivity contribution in [2.75, 3.05) is 20.1 Å². The van der Waals surface area contributed by atoms with Gasteiger partial charge in [0.05, 0.1) is 17.6 Å². The summed E-state index contributed by atoms with van der Waals surface area (Å²) in [6.45, 7) is 4.57. The molecule has 2 heterocycles. The van der Waals surface area contributed by atoms with Gasteiger partial charge < -0.3 is 19.9 Å². The summed E-state index contributed by atoms with van der Waals surface area (Å²) in [5.74, 6) is 2.87. The van der Waals surface area contributed by atoms with E-state index in [1.54, 1.807) is 7.05 Å². The number of nitrogens with one attached hydrogen (secondary N) is 2. The maximum Gasteiger partial charge on any atom is 0.191 e. The van der Waals surface area contributed by atoms with E-state index < -0.39 is 0 Å². The second kappa shape index (κ2) is 9.96. The van der Waals surface area contributed by atoms with Gasteiger partial charge in [0.2, 0.25) is 0 Å². The molecule has 2 aromatic carbocycles. The fraction of sp³-hybridized carbons (Fsp3) is 0.364. The molecule has 1 aromatic heterocycles. The molecule has 4 rings (SSSR count). The minimum atomic E-state index is 0. The van der Waals surface area contributed by atoms with E-state index in [0.29, 0.717) is 0 Å². The Labute approximate surface area is 188 Å². The summed E-state index contributed by atoms with van der Waals surface area (Å²) >= 11 is 0. The third kappa shape index (κ3) is 5.01. The Morgan fingerprint density at radius 1 is 1.17 bits per heavy atom. The molecule has 1 aliphatic heterocycles. The number of aromatic nitrogens is 2. The van der Waals surface area contributed by atoms with Crippen LogP contribution in [0.15, 0.2) is 53.5 Å². The third-order valence-electron chi connectivity index (χ3n) is 5.13. The Kier molecular flexibility index (Phi) is 7.35. The quantitative estimate of drug-likeness (QED) is 0.233. The van der Waals surface area contributed by atoms with Crippen LogP contribution >= 0.6 is 24.0 Å². The Morgan fingerprint density at radius 2 is 1.97 bits per heavy atom. The van der Waals surface area contributed by atoms with Crippen molar-refractivity contribution in [1.29, 1.82) is 0 Å². The van der Waals surface area contributed by atoms with Gasteiger partial charge >= 0.3 is 0 Å². The van der Waals surface area contributed by atoms with E-state index in [9.17, 15) is 0 Å². The third-order valence-corrected chi connectivity index (χ3v) is 5.13. The van der Waals surface area contributed by atoms with Crippen LogP contribution in [0.5, 0.6) is 5.75 Å². The number of aryl methyl sites for hydroxylation is 2. The smallest absolute Gasteiger partial charge is 0.191 e. The summed E-state index contributed by atoms with van der Waals surface area (Å²) in [6, 6.07) is 16.5. The Morgan fingerprint density at radius 3 is 2.79 bits per heavy atom. The summed E-state index contributed by atoms with van der Waals surface area (Å²) in [5, 5.41) is 6.77. The van der Waals surface area contributed by atoms with E-state index in [1.807, 2.05) is 18.2 Å². The monoisotopic (exact) mass is 505 g/mol. The highest BCUT2D eigenvalue weighted by atomic mass is 127. The van der Waals surface area contributed by atoms with Gasteiger partial charge in [-0.25, -0.2) is 4.98 Å². The fourth-order valence-electron chi connectivity index (χ4n) is 3.72. The van der Waals surface area contributed by atoms with Crippen LogP contribution in [0, 0.1) is 6.92 Å². The van der Waals surface area contributed by atoms with E-state index in [2.05, 4.69) is 62.4 Å². The van der Waals surface area contributed by atoms with E-state index >= 15 is 0 Å². The molecule has 1 atom stereocenters. The van der Waals surface area contributed by atoms with Gasteiger partial charge in [-0.15, -0.1) is 24.0 Å². The van der Waals surface area contributed by atoms with Crippen molar-refractivity contribution in [3.05, 3.63) is 59.9 Å². The van der Waals surface area contributed by atoms with Gasteiger partial charge in [-0.05, 0) is 37.1 Å². The average molecular weight is 505 g/mol. The second-order valence-corrected chi connectivity index (χ2v) is 7.08. The Bertz CT molecular complexity index is 959. The Hall–Kier alpha value is -2.29. The fourth-order valence-corrected chi connectivity index (χ4v) is 3.72. The van der Waals surface area contributed by atoms with Crippen LogP contribution in [0.2, 0.25) is 0 Å². The first-order valence-corrected chi connectivity index (χ1v) is 9.85. The van der Waals surface area contributed by atoms with Gasteiger partial charge in [0.15, 0.2) is 5.96 Å². The number of benzene rings is 2. The molecule has 0 bridgehead atoms. The molecule has 0 aliphatic carbocycles. The molecule has 0 saturated carbocycles. The molecule has 154 valence electrons. The Balaban J connectivity index is 0.00000240. The maximum atomic E-state index is 5.97. The highest BCUT2D eigenvalue weighted by Crippen LogP contribution is 2.27. The number of rotatable bonds is 6. The van der Waals surface area contributed by atoms with Gasteiger partial charge in [0, 0.05) is 26.6 Å². The van der Waals surface area contributed by atoms with Crippen molar-refractivity contribution in [3.8, 4) is 5.75 Å². The van der Waals surface area contributed by atoms with Crippen molar-refractivity contribution >= 4 is 41.0 Å². The summed E-state index contributed by atoms with van der Waals surface area (Å²) in [7, 11) is 1.80. The minimum absolute atomic E-state index is 0. The zero-order chi connectivity index (χ0) is 19.3. The minimum Gasteiger partial charge on any atom is -0.488 e. The lowest BCUT2D eigenvalue weighted by atomic mass is 10.1. The molecule has 0 spiro atoms. The van der Waals surface area contributed by atoms with Gasteiger partial charge in [0.1, 0.15) is 17.7 Å². The van der Waals surface area contributed by atoms with E-state index in [1.165, 1.54) is 11.1 Å². The number of guanidine groups is 1. The SMILES string of the molecule is CN=C(NCCCn1c(C)nc2ccccc21)NCC1Cc2ccccc2O1.I. The van der Waals surface area contributed by atoms with Crippen LogP contribution in [0.1, 0.15) is 17.8 Å². The van der Waals surface area contributed by atoms with Crippen LogP contribution < -0.4 is 15.4 Å². The van der Waals surface area contributed by atoms with Crippen molar-refractivity contribution in [2.45, 2.75) is 32.4 Å². The van der Waals surface area contributed by atoms with Crippen LogP contribution in [-0.4, -0.2) is 41.8 Å². The lowest BCUT2D eigenvalue weighted by Crippen LogP contribution is -2.42. The number of aliphatic imine (C=N–C) groups is 1. The standard InChI is InChI=1S/C22H27N5O.HI/c1-16-26-19-9-4-5-10-20(19)27(16)13-7-12-24-22(23-2)25-15-18-14-17-8-3-6-11-21(17)28-18;/h3-6,8-11,18H,7,12-15H2,1-2H3,(H2,23,24,25);1H. The number of nitrogens with zero attached hydrogens (tertiary/aromatic N) is 3. The average Bonchev–Trinajstić information content (AvgIpc) is 3.27. The maximum absolute atomic E-state index is 5.97. The van der Waals surface area contributed by atoms with Crippen LogP contribution in [0.25, 0.3) is 11.0 Å². The number of fused-ring (bicyclic) bond motifs is 2. The van der Waals surface area contributed by atoms with Gasteiger partial charge in [-0.3, -0.25) is 4.99 Å². The first kappa shape index (κ1) is 21.4. The van der Waals surface area contributed by atoms with Crippen molar-refractivity contribution in [3.63, 3.8) is 0 Å². The second-order valence-electron chi connectivity index (χ2n) is 7.08. The highest BCUT2D eigenvalue weighted by Gasteiger charge is 2.22. The highest BCUT2D eigenvalue weighted by molar-refractivity contribution is 14.0. The summed E-state index contributed by atoms with van der Waals surface area (Å²) in [6.07, 6.45) is 2.08. The lowest BCUT2D eigenvalue weighted by molar-refractivity contribution is 0.235. The number of hydrogen-bond donors (Lipinski definition) is 2. The van der Waals surface area contributed by atoms with Crippen molar-refractivity contribution in [1.82, 2.24) is 20.2 Å². The largest absolute Gasteiger partial charge is 0.488 e. The molecule has 6 nitrogen and oxygen atoms in total. The van der Waals surface area contributed by atoms with Crippen LogP contribution in [0.4, 0.5) is 0 Å². The number of para-hydroxylation sites is 3. The molecular weight excluding hydrogens is 477 g/mol. The first-order valence-electron chi connectivity index (χ1n) is 9.85. The molecular formula is C22H28IN5O. The number of halogens is 1. The molecule has 3 aromatic rings. The molecule has 2 N–H and O–H groups in total. The topological polar surface area (TPSA) is 63.5 Å². The normalized spacial score (nSPS) is 15.5. The number of imidazole rings is 1. The van der Waals surface area contributed by atoms with Crippen LogP contribution in [-0.2, 0) is 13.0 Å². The molecule has 0 saturated heterocycles. The molecule has 0 radical (unpaired) electrons. The first-order chi connectivity index (χ1) is 13.7. The van der Waals surface area contributed by atoms with Crippen molar-refractivity contribution < 1.29 is 4.74 Å². The molecule has 0 fully saturated rings. The van der Waals surface area contributed by atoms with Crippen LogP contribution in [0.3, 0.4) is 0 Å². The lowest BCUT2D eigenvalue weighted by Gasteiger charge is -2.16. The molecule has 1 unspecified atom stereocenters. The molecule has 1 aliphatic rings. The predicted molar refractivity (Wildman–Crippen MR) is 128 cm³/mol. The summed E-state index contributed by atoms with van der Waals surface area (Å²) in [4.78, 5) is 8.95. The van der Waals surface area contributed by atoms with Gasteiger partial charge in [0.25, 0.3) is 0 Å². The predicted octanol–water partition coefficient (Wildman–Crippen LogP) is 3.52. The summed E-state index contributed by atoms with van der Waals surface area (Å²) < 4.78 is 8.25. The van der Waals surface area contributed by atoms with Gasteiger partial charge in [-0.1, -0.05) is 30.3 Å². The summed E-state index contributed by atoms with van der Waals surface area (Å²) in [5.41, 5.74) is 3.53.